The Labute approximate surface area is 343 Å². The van der Waals surface area contributed by atoms with Gasteiger partial charge in [0.25, 0.3) is 0 Å². The molecule has 8 heterocycles. The number of aromatic amines is 1. The van der Waals surface area contributed by atoms with Gasteiger partial charge in [-0.25, -0.2) is 4.79 Å². The van der Waals surface area contributed by atoms with E-state index in [1.54, 1.807) is 34.6 Å². The summed E-state index contributed by atoms with van der Waals surface area (Å²) in [7, 11) is 5.21. The van der Waals surface area contributed by atoms with Gasteiger partial charge in [0.15, 0.2) is 11.0 Å². The van der Waals surface area contributed by atoms with Gasteiger partial charge >= 0.3 is 5.97 Å². The van der Waals surface area contributed by atoms with Crippen molar-refractivity contribution >= 4 is 49.4 Å². The number of allylic oxidation sites excluding steroid dienone is 2. The Morgan fingerprint density at radius 2 is 1.98 bits per heavy atom. The molecule has 4 aromatic rings. The van der Waals surface area contributed by atoms with Crippen molar-refractivity contribution in [3.05, 3.63) is 105 Å². The van der Waals surface area contributed by atoms with E-state index in [1.165, 1.54) is 6.07 Å². The minimum absolute atomic E-state index is 0.0630. The highest BCUT2D eigenvalue weighted by molar-refractivity contribution is 8.76. The second kappa shape index (κ2) is 15.0. The number of esters is 1. The van der Waals surface area contributed by atoms with Crippen molar-refractivity contribution in [3.8, 4) is 11.5 Å². The number of rotatable bonds is 5. The number of nitrogens with one attached hydrogen (secondary N) is 4. The molecule has 58 heavy (non-hydrogen) atoms. The van der Waals surface area contributed by atoms with Crippen LogP contribution in [0.25, 0.3) is 21.9 Å². The minimum Gasteiger partial charge on any atom is -0.507 e. The number of nitrogens with two attached hydrogens (primary N) is 2. The van der Waals surface area contributed by atoms with Crippen LogP contribution in [0.3, 0.4) is 0 Å². The second-order valence-corrected chi connectivity index (χ2v) is 18.6. The van der Waals surface area contributed by atoms with E-state index in [0.717, 1.165) is 27.6 Å². The fraction of sp³-hybridized carbons (Fsp3) is 0.429. The van der Waals surface area contributed by atoms with E-state index in [4.69, 9.17) is 30.1 Å². The number of hydrogen-bond donors (Lipinski definition) is 7. The van der Waals surface area contributed by atoms with Crippen molar-refractivity contribution in [2.24, 2.45) is 11.5 Å². The SMILES string of the molecule is CNCC[C@]12O[C@@H]1CCC1=CC(NC(N)=C1)C1=CC(Cn3cc4cc[nH]c4c3)NC(N)=C1CSSCC[C@]1(C)Oc3cc4oc(C)cc(=O)c4c(O)c3C[C@H]1OC2=O. The van der Waals surface area contributed by atoms with Gasteiger partial charge in [-0.1, -0.05) is 33.7 Å². The highest BCUT2D eigenvalue weighted by Gasteiger charge is 2.63. The second-order valence-electron chi connectivity index (χ2n) is 16.1. The number of aryl methyl sites for hydroxylation is 1. The van der Waals surface area contributed by atoms with Gasteiger partial charge in [-0.3, -0.25) is 4.79 Å². The zero-order valence-corrected chi connectivity index (χ0v) is 34.3. The summed E-state index contributed by atoms with van der Waals surface area (Å²) < 4.78 is 27.5. The third kappa shape index (κ3) is 7.13. The Balaban J connectivity index is 1.04. The molecule has 0 radical (unpaired) electrons. The number of hydrogen-bond acceptors (Lipinski definition) is 14. The van der Waals surface area contributed by atoms with Crippen LogP contribution < -0.4 is 37.6 Å². The van der Waals surface area contributed by atoms with Gasteiger partial charge in [0.2, 0.25) is 0 Å². The van der Waals surface area contributed by atoms with Crippen molar-refractivity contribution in [3.63, 3.8) is 0 Å². The number of carbonyl (C=O) groups excluding carboxylic acids is 1. The lowest BCUT2D eigenvalue weighted by Gasteiger charge is -2.42. The van der Waals surface area contributed by atoms with Crippen LogP contribution in [0.2, 0.25) is 0 Å². The molecule has 1 aromatic carbocycles. The van der Waals surface area contributed by atoms with Crippen LogP contribution in [-0.2, 0) is 27.2 Å². The Bertz CT molecular complexity index is 2460. The number of aromatic hydroxyl groups is 1. The first kappa shape index (κ1) is 38.6. The average Bonchev–Trinajstić information content (AvgIpc) is 3.49. The lowest BCUT2D eigenvalue weighted by atomic mass is 9.86. The maximum absolute atomic E-state index is 14.4. The lowest BCUT2D eigenvalue weighted by Crippen LogP contribution is -2.53. The molecule has 3 aromatic heterocycles. The molecule has 5 aliphatic rings. The highest BCUT2D eigenvalue weighted by Crippen LogP contribution is 2.48. The van der Waals surface area contributed by atoms with E-state index in [1.807, 2.05) is 26.2 Å². The molecule has 2 unspecified atom stereocenters. The predicted molar refractivity (Wildman–Crippen MR) is 226 cm³/mol. The first-order valence-electron chi connectivity index (χ1n) is 19.7. The molecule has 306 valence electrons. The van der Waals surface area contributed by atoms with E-state index in [9.17, 15) is 14.7 Å². The van der Waals surface area contributed by atoms with E-state index in [-0.39, 0.29) is 46.8 Å². The molecule has 0 amide bonds. The van der Waals surface area contributed by atoms with Gasteiger partial charge in [0.1, 0.15) is 45.8 Å². The number of ether oxygens (including phenoxy) is 3. The van der Waals surface area contributed by atoms with Crippen LogP contribution in [-0.4, -0.2) is 81.2 Å². The van der Waals surface area contributed by atoms with Crippen LogP contribution in [0.15, 0.2) is 92.6 Å². The zero-order valence-electron chi connectivity index (χ0n) is 32.7. The number of fused-ring (bicyclic) bond motifs is 8. The monoisotopic (exact) mass is 827 g/mol. The Kier molecular flexibility index (Phi) is 10.0. The average molecular weight is 828 g/mol. The van der Waals surface area contributed by atoms with Gasteiger partial charge in [-0.15, -0.1) is 0 Å². The normalized spacial score (nSPS) is 28.8. The molecule has 2 bridgehead atoms. The number of aromatic nitrogens is 2. The van der Waals surface area contributed by atoms with Gasteiger partial charge in [0, 0.05) is 84.6 Å². The molecule has 0 spiro atoms. The number of phenolic OH excluding ortho intramolecular Hbond substituents is 1. The van der Waals surface area contributed by atoms with Crippen molar-refractivity contribution in [1.29, 1.82) is 0 Å². The third-order valence-corrected chi connectivity index (χ3v) is 14.3. The Morgan fingerprint density at radius 3 is 2.81 bits per heavy atom. The molecule has 16 heteroatoms. The first-order valence-corrected chi connectivity index (χ1v) is 22.2. The van der Waals surface area contributed by atoms with Crippen molar-refractivity contribution < 1.29 is 28.5 Å². The number of phenols is 1. The molecule has 0 saturated carbocycles. The number of H-pyrrole nitrogens is 1. The molecule has 9 N–H and O–H groups in total. The topological polar surface area (TPSA) is 207 Å². The molecular weight excluding hydrogens is 779 g/mol. The maximum atomic E-state index is 14.4. The summed E-state index contributed by atoms with van der Waals surface area (Å²) in [5.74, 6) is 2.60. The van der Waals surface area contributed by atoms with Crippen LogP contribution in [0.5, 0.6) is 11.5 Å². The standard InChI is InChI=1S/C42H49N7O7S2/c1-22-12-31(50)37-33(53-22)17-32-27(38(37)51)16-35-41(2,55-32)8-11-57-58-21-28-26(15-25(47-39(28)44)19-49-18-24-6-9-46-30(24)20-49)29-13-23(14-36(43)48-29)4-5-34-42(56-34,7-10-45-3)40(52)54-35/h6,9,12-15,17-18,20,25,29,34-35,45-48,51H,4-5,7-8,10-11,16,19,21,43-44H2,1-3H3/t25?,29?,34-,35-,41+,42+/m1/s1. The molecule has 1 saturated heterocycles. The van der Waals surface area contributed by atoms with Crippen molar-refractivity contribution in [1.82, 2.24) is 25.5 Å². The molecule has 0 aliphatic carbocycles. The van der Waals surface area contributed by atoms with Gasteiger partial charge < -0.3 is 60.7 Å². The van der Waals surface area contributed by atoms with Crippen LogP contribution in [0, 0.1) is 6.92 Å². The third-order valence-electron chi connectivity index (χ3n) is 12.0. The van der Waals surface area contributed by atoms with E-state index >= 15 is 0 Å². The molecular formula is C42H49N7O7S2. The number of dihydropyridines is 2. The summed E-state index contributed by atoms with van der Waals surface area (Å²) in [5.41, 5.74) is 15.8. The summed E-state index contributed by atoms with van der Waals surface area (Å²) in [6.45, 7) is 4.85. The number of nitrogens with zero attached hydrogens (tertiary/aromatic N) is 1. The predicted octanol–water partition coefficient (Wildman–Crippen LogP) is 4.47. The number of carbonyl (C=O) groups is 1. The summed E-state index contributed by atoms with van der Waals surface area (Å²) in [6, 6.07) is 4.80. The molecule has 5 aliphatic heterocycles. The van der Waals surface area contributed by atoms with Crippen molar-refractivity contribution in [2.45, 2.75) is 88.0 Å². The lowest BCUT2D eigenvalue weighted by molar-refractivity contribution is -0.169. The molecule has 1 fully saturated rings. The van der Waals surface area contributed by atoms with Gasteiger partial charge in [-0.2, -0.15) is 0 Å². The summed E-state index contributed by atoms with van der Waals surface area (Å²) in [6.07, 6.45) is 13.7. The fourth-order valence-electron chi connectivity index (χ4n) is 8.81. The smallest absolute Gasteiger partial charge is 0.341 e. The van der Waals surface area contributed by atoms with Gasteiger partial charge in [-0.05, 0) is 63.6 Å². The zero-order chi connectivity index (χ0) is 40.3. The van der Waals surface area contributed by atoms with Crippen LogP contribution in [0.1, 0.15) is 43.9 Å². The quantitative estimate of drug-likeness (QED) is 0.0842. The largest absolute Gasteiger partial charge is 0.507 e. The Morgan fingerprint density at radius 1 is 1.12 bits per heavy atom. The van der Waals surface area contributed by atoms with E-state index < -0.39 is 23.3 Å². The van der Waals surface area contributed by atoms with Crippen LogP contribution >= 0.6 is 21.6 Å². The highest BCUT2D eigenvalue weighted by atomic mass is 33.1. The first-order chi connectivity index (χ1) is 27.9. The minimum atomic E-state index is -1.15. The van der Waals surface area contributed by atoms with E-state index in [0.29, 0.717) is 79.0 Å². The Hall–Kier alpha value is -4.90. The summed E-state index contributed by atoms with van der Waals surface area (Å²) in [4.78, 5) is 30.7. The molecule has 9 rings (SSSR count). The summed E-state index contributed by atoms with van der Waals surface area (Å²) >= 11 is 0. The number of benzene rings is 1. The summed E-state index contributed by atoms with van der Waals surface area (Å²) in [5, 5.41) is 22.9. The van der Waals surface area contributed by atoms with Crippen LogP contribution in [0.4, 0.5) is 0 Å². The van der Waals surface area contributed by atoms with E-state index in [2.05, 4.69) is 56.1 Å². The number of epoxide rings is 1. The van der Waals surface area contributed by atoms with Gasteiger partial charge in [0.05, 0.1) is 29.5 Å². The molecule has 6 atom stereocenters. The van der Waals surface area contributed by atoms with Crippen molar-refractivity contribution in [2.75, 3.05) is 25.1 Å². The molecule has 14 nitrogen and oxygen atoms in total. The maximum Gasteiger partial charge on any atom is 0.341 e. The fourth-order valence-corrected chi connectivity index (χ4v) is 11.2.